The number of aliphatic hydroxyl groups excluding tert-OH is 1. The second-order valence-electron chi connectivity index (χ2n) is 5.52. The Hall–Kier alpha value is -1.27. The fourth-order valence-corrected chi connectivity index (χ4v) is 3.17. The molecule has 0 aromatic heterocycles. The maximum Gasteiger partial charge on any atom is 0.573 e. The Kier molecular flexibility index (Phi) is 4.78. The summed E-state index contributed by atoms with van der Waals surface area (Å²) in [5.74, 6) is -0.240. The third-order valence-corrected chi connectivity index (χ3v) is 4.14. The zero-order chi connectivity index (χ0) is 15.5. The van der Waals surface area contributed by atoms with Gasteiger partial charge in [0.25, 0.3) is 0 Å². The molecule has 118 valence electrons. The first kappa shape index (κ1) is 16.1. The van der Waals surface area contributed by atoms with Crippen molar-refractivity contribution in [1.82, 2.24) is 5.32 Å². The third kappa shape index (κ3) is 3.68. The molecule has 0 radical (unpaired) electrons. The van der Waals surface area contributed by atoms with Crippen molar-refractivity contribution < 1.29 is 23.0 Å². The molecule has 0 amide bonds. The van der Waals surface area contributed by atoms with E-state index in [1.165, 1.54) is 12.1 Å². The van der Waals surface area contributed by atoms with Crippen molar-refractivity contribution in [1.29, 1.82) is 0 Å². The van der Waals surface area contributed by atoms with Crippen LogP contribution in [0.3, 0.4) is 0 Å². The van der Waals surface area contributed by atoms with Crippen LogP contribution < -0.4 is 10.1 Å². The molecule has 2 N–H and O–H groups in total. The smallest absolute Gasteiger partial charge is 0.406 e. The van der Waals surface area contributed by atoms with Crippen molar-refractivity contribution in [3.63, 3.8) is 0 Å². The van der Waals surface area contributed by atoms with Crippen LogP contribution in [-0.2, 0) is 5.41 Å². The van der Waals surface area contributed by atoms with E-state index < -0.39 is 17.9 Å². The first-order valence-electron chi connectivity index (χ1n) is 7.06. The lowest BCUT2D eigenvalue weighted by Gasteiger charge is -2.42. The molecule has 0 aliphatic heterocycles. The summed E-state index contributed by atoms with van der Waals surface area (Å²) in [7, 11) is 1.81. The molecule has 0 saturated heterocycles. The van der Waals surface area contributed by atoms with Crippen LogP contribution >= 0.6 is 0 Å². The number of ether oxygens (including phenoxy) is 1. The van der Waals surface area contributed by atoms with Crippen molar-refractivity contribution in [3.8, 4) is 5.75 Å². The van der Waals surface area contributed by atoms with E-state index in [-0.39, 0.29) is 5.75 Å². The molecule has 0 spiro atoms. The number of nitrogens with one attached hydrogen (secondary N) is 1. The average molecular weight is 303 g/mol. The molecule has 2 rings (SSSR count). The molecule has 0 bridgehead atoms. The predicted octanol–water partition coefficient (Wildman–Crippen LogP) is 2.98. The number of hydrogen-bond donors (Lipinski definition) is 2. The van der Waals surface area contributed by atoms with Crippen LogP contribution in [0.15, 0.2) is 24.3 Å². The lowest BCUT2D eigenvalue weighted by atomic mass is 9.67. The number of rotatable bonds is 4. The Morgan fingerprint density at radius 1 is 1.29 bits per heavy atom. The minimum absolute atomic E-state index is 0.240. The molecule has 1 aliphatic rings. The molecule has 1 saturated carbocycles. The molecule has 0 heterocycles. The molecule has 6 heteroatoms. The van der Waals surface area contributed by atoms with Gasteiger partial charge in [0.05, 0.1) is 6.10 Å². The van der Waals surface area contributed by atoms with E-state index in [1.54, 1.807) is 12.1 Å². The summed E-state index contributed by atoms with van der Waals surface area (Å²) >= 11 is 0. The number of halogens is 3. The van der Waals surface area contributed by atoms with Crippen molar-refractivity contribution in [2.45, 2.75) is 43.6 Å². The molecule has 3 nitrogen and oxygen atoms in total. The average Bonchev–Trinajstić information content (AvgIpc) is 2.41. The second kappa shape index (κ2) is 6.23. The third-order valence-electron chi connectivity index (χ3n) is 4.14. The fourth-order valence-electron chi connectivity index (χ4n) is 3.17. The zero-order valence-corrected chi connectivity index (χ0v) is 11.9. The summed E-state index contributed by atoms with van der Waals surface area (Å²) < 4.78 is 40.4. The summed E-state index contributed by atoms with van der Waals surface area (Å²) in [6.07, 6.45) is -1.68. The number of alkyl halides is 3. The van der Waals surface area contributed by atoms with Gasteiger partial charge in [-0.15, -0.1) is 13.2 Å². The van der Waals surface area contributed by atoms with Crippen LogP contribution in [0.5, 0.6) is 5.75 Å². The zero-order valence-electron chi connectivity index (χ0n) is 11.9. The number of aliphatic hydroxyl groups is 1. The predicted molar refractivity (Wildman–Crippen MR) is 73.2 cm³/mol. The highest BCUT2D eigenvalue weighted by Crippen LogP contribution is 2.40. The minimum Gasteiger partial charge on any atom is -0.406 e. The molecule has 2 atom stereocenters. The van der Waals surface area contributed by atoms with Gasteiger partial charge in [0, 0.05) is 12.0 Å². The first-order chi connectivity index (χ1) is 9.87. The molecular formula is C15H20F3NO2. The Bertz CT molecular complexity index is 457. The lowest BCUT2D eigenvalue weighted by molar-refractivity contribution is -0.274. The number of hydrogen-bond acceptors (Lipinski definition) is 3. The summed E-state index contributed by atoms with van der Waals surface area (Å²) in [5, 5.41) is 13.5. The summed E-state index contributed by atoms with van der Waals surface area (Å²) in [4.78, 5) is 0. The van der Waals surface area contributed by atoms with Gasteiger partial charge in [0.15, 0.2) is 0 Å². The maximum absolute atomic E-state index is 12.2. The Morgan fingerprint density at radius 3 is 2.48 bits per heavy atom. The van der Waals surface area contributed by atoms with Gasteiger partial charge >= 0.3 is 6.36 Å². The Balaban J connectivity index is 2.25. The molecular weight excluding hydrogens is 283 g/mol. The monoisotopic (exact) mass is 303 g/mol. The van der Waals surface area contributed by atoms with Crippen LogP contribution in [0, 0.1) is 0 Å². The van der Waals surface area contributed by atoms with Crippen LogP contribution in [0.1, 0.15) is 31.2 Å². The van der Waals surface area contributed by atoms with Gasteiger partial charge in [-0.1, -0.05) is 25.0 Å². The highest BCUT2D eigenvalue weighted by atomic mass is 19.4. The number of benzene rings is 1. The van der Waals surface area contributed by atoms with Gasteiger partial charge in [-0.25, -0.2) is 0 Å². The fraction of sp³-hybridized carbons (Fsp3) is 0.600. The van der Waals surface area contributed by atoms with Crippen molar-refractivity contribution in [2.24, 2.45) is 0 Å². The molecule has 1 aromatic rings. The summed E-state index contributed by atoms with van der Waals surface area (Å²) in [6.45, 7) is 0.591. The topological polar surface area (TPSA) is 41.5 Å². The van der Waals surface area contributed by atoms with Crippen LogP contribution in [-0.4, -0.2) is 31.2 Å². The summed E-state index contributed by atoms with van der Waals surface area (Å²) in [6, 6.07) is 5.85. The van der Waals surface area contributed by atoms with E-state index in [9.17, 15) is 18.3 Å². The Morgan fingerprint density at radius 2 is 1.95 bits per heavy atom. The van der Waals surface area contributed by atoms with Crippen LogP contribution in [0.4, 0.5) is 13.2 Å². The summed E-state index contributed by atoms with van der Waals surface area (Å²) in [5.41, 5.74) is 0.405. The molecule has 1 aliphatic carbocycles. The molecule has 0 unspecified atom stereocenters. The van der Waals surface area contributed by atoms with Crippen molar-refractivity contribution in [2.75, 3.05) is 13.6 Å². The van der Waals surface area contributed by atoms with Crippen LogP contribution in [0.2, 0.25) is 0 Å². The molecule has 21 heavy (non-hydrogen) atoms. The highest BCUT2D eigenvalue weighted by molar-refractivity contribution is 5.34. The molecule has 1 aromatic carbocycles. The Labute approximate surface area is 122 Å². The normalized spacial score (nSPS) is 26.6. The van der Waals surface area contributed by atoms with Crippen molar-refractivity contribution in [3.05, 3.63) is 29.8 Å². The quantitative estimate of drug-likeness (QED) is 0.898. The van der Waals surface area contributed by atoms with E-state index in [1.807, 2.05) is 7.05 Å². The van der Waals surface area contributed by atoms with E-state index in [2.05, 4.69) is 10.1 Å². The van der Waals surface area contributed by atoms with Gasteiger partial charge in [-0.3, -0.25) is 0 Å². The maximum atomic E-state index is 12.2. The van der Waals surface area contributed by atoms with Gasteiger partial charge in [-0.05, 0) is 37.6 Å². The van der Waals surface area contributed by atoms with Gasteiger partial charge in [0.2, 0.25) is 0 Å². The standard InChI is InChI=1S/C15H20F3NO2/c1-19-10-14(9-3-2-4-13(14)20)11-5-7-12(8-6-11)21-15(16,17)18/h5-8,13,19-20H,2-4,9-10H2,1H3/t13-,14+/m1/s1. The largest absolute Gasteiger partial charge is 0.573 e. The highest BCUT2D eigenvalue weighted by Gasteiger charge is 2.41. The number of likely N-dealkylation sites (N-methyl/N-ethyl adjacent to an activating group) is 1. The van der Waals surface area contributed by atoms with Gasteiger partial charge < -0.3 is 15.2 Å². The van der Waals surface area contributed by atoms with Gasteiger partial charge in [0.1, 0.15) is 5.75 Å². The van der Waals surface area contributed by atoms with E-state index in [4.69, 9.17) is 0 Å². The SMILES string of the molecule is CNC[C@]1(c2ccc(OC(F)(F)F)cc2)CCCC[C@H]1O. The minimum atomic E-state index is -4.69. The molecule has 1 fully saturated rings. The van der Waals surface area contributed by atoms with E-state index in [0.717, 1.165) is 24.8 Å². The van der Waals surface area contributed by atoms with Gasteiger partial charge in [-0.2, -0.15) is 0 Å². The first-order valence-corrected chi connectivity index (χ1v) is 7.06. The van der Waals surface area contributed by atoms with E-state index >= 15 is 0 Å². The van der Waals surface area contributed by atoms with Crippen LogP contribution in [0.25, 0.3) is 0 Å². The van der Waals surface area contributed by atoms with E-state index in [0.29, 0.717) is 13.0 Å². The van der Waals surface area contributed by atoms with Crippen molar-refractivity contribution >= 4 is 0 Å². The second-order valence-corrected chi connectivity index (χ2v) is 5.52. The lowest BCUT2D eigenvalue weighted by Crippen LogP contribution is -2.48.